The van der Waals surface area contributed by atoms with Gasteiger partial charge >= 0.3 is 0 Å². The van der Waals surface area contributed by atoms with E-state index < -0.39 is 17.7 Å². The molecule has 1 aliphatic rings. The van der Waals surface area contributed by atoms with Crippen molar-refractivity contribution >= 4 is 5.91 Å². The second-order valence-electron chi connectivity index (χ2n) is 2.39. The fourth-order valence-electron chi connectivity index (χ4n) is 0.667. The van der Waals surface area contributed by atoms with Crippen molar-refractivity contribution in [2.75, 3.05) is 6.73 Å². The number of rotatable bonds is 0. The van der Waals surface area contributed by atoms with Crippen LogP contribution >= 0.6 is 0 Å². The first-order chi connectivity index (χ1) is 4.55. The third-order valence-electron chi connectivity index (χ3n) is 1.51. The molecule has 5 nitrogen and oxygen atoms in total. The van der Waals surface area contributed by atoms with E-state index in [1.165, 1.54) is 6.92 Å². The largest absolute Gasteiger partial charge is 0.377 e. The summed E-state index contributed by atoms with van der Waals surface area (Å²) in [5.74, 6) is -0.494. The van der Waals surface area contributed by atoms with Crippen molar-refractivity contribution < 1.29 is 14.6 Å². The molecule has 1 aliphatic heterocycles. The fraction of sp³-hybridized carbons (Fsp3) is 0.800. The molecule has 2 atom stereocenters. The van der Waals surface area contributed by atoms with E-state index in [1.807, 2.05) is 0 Å². The van der Waals surface area contributed by atoms with Crippen molar-refractivity contribution in [3.8, 4) is 0 Å². The Morgan fingerprint density at radius 3 is 3.00 bits per heavy atom. The average molecular weight is 146 g/mol. The van der Waals surface area contributed by atoms with Crippen molar-refractivity contribution in [1.29, 1.82) is 0 Å². The number of nitrogens with one attached hydrogen (secondary N) is 1. The molecule has 2 unspecified atom stereocenters. The second-order valence-corrected chi connectivity index (χ2v) is 2.39. The zero-order chi connectivity index (χ0) is 7.78. The van der Waals surface area contributed by atoms with Crippen LogP contribution in [0.15, 0.2) is 0 Å². The van der Waals surface area contributed by atoms with Gasteiger partial charge in [0.15, 0.2) is 5.60 Å². The average Bonchev–Trinajstić information content (AvgIpc) is 1.84. The Labute approximate surface area is 58.2 Å². The predicted molar refractivity (Wildman–Crippen MR) is 32.7 cm³/mol. The Kier molecular flexibility index (Phi) is 1.63. The molecule has 0 aromatic carbocycles. The van der Waals surface area contributed by atoms with E-state index in [0.717, 1.165) is 0 Å². The van der Waals surface area contributed by atoms with Crippen LogP contribution in [-0.4, -0.2) is 29.6 Å². The van der Waals surface area contributed by atoms with Gasteiger partial charge in [0.1, 0.15) is 13.0 Å². The molecule has 1 rings (SSSR count). The first kappa shape index (κ1) is 7.46. The maximum absolute atomic E-state index is 10.8. The summed E-state index contributed by atoms with van der Waals surface area (Å²) in [4.78, 5) is 10.8. The third kappa shape index (κ3) is 0.985. The van der Waals surface area contributed by atoms with Gasteiger partial charge in [-0.2, -0.15) is 0 Å². The molecule has 1 heterocycles. The molecule has 0 aliphatic carbocycles. The van der Waals surface area contributed by atoms with Gasteiger partial charge < -0.3 is 20.9 Å². The first-order valence-electron chi connectivity index (χ1n) is 2.93. The number of amides is 1. The van der Waals surface area contributed by atoms with Crippen molar-refractivity contribution in [1.82, 2.24) is 5.32 Å². The number of aliphatic hydroxyl groups is 1. The van der Waals surface area contributed by atoms with E-state index in [0.29, 0.717) is 0 Å². The summed E-state index contributed by atoms with van der Waals surface area (Å²) in [6, 6.07) is 0. The highest BCUT2D eigenvalue weighted by Crippen LogP contribution is 2.12. The topological polar surface area (TPSA) is 84.6 Å². The second kappa shape index (κ2) is 2.19. The smallest absolute Gasteiger partial charge is 0.257 e. The lowest BCUT2D eigenvalue weighted by Crippen LogP contribution is -2.62. The molecule has 0 bridgehead atoms. The Balaban J connectivity index is 2.73. The summed E-state index contributed by atoms with van der Waals surface area (Å²) in [6.45, 7) is 1.38. The van der Waals surface area contributed by atoms with Crippen LogP contribution in [0.2, 0.25) is 0 Å². The van der Waals surface area contributed by atoms with Crippen LogP contribution in [0, 0.1) is 0 Å². The molecule has 0 aromatic rings. The summed E-state index contributed by atoms with van der Waals surface area (Å²) in [5, 5.41) is 11.6. The van der Waals surface area contributed by atoms with Crippen molar-refractivity contribution in [2.24, 2.45) is 5.73 Å². The van der Waals surface area contributed by atoms with E-state index in [4.69, 9.17) is 10.5 Å². The van der Waals surface area contributed by atoms with E-state index in [-0.39, 0.29) is 6.73 Å². The highest BCUT2D eigenvalue weighted by atomic mass is 16.5. The lowest BCUT2D eigenvalue weighted by molar-refractivity contribution is -0.172. The Morgan fingerprint density at radius 1 is 2.00 bits per heavy atom. The lowest BCUT2D eigenvalue weighted by atomic mass is 10.0. The van der Waals surface area contributed by atoms with Gasteiger partial charge in [-0.05, 0) is 6.92 Å². The quantitative estimate of drug-likeness (QED) is 0.373. The molecule has 4 N–H and O–H groups in total. The van der Waals surface area contributed by atoms with E-state index in [1.54, 1.807) is 0 Å². The van der Waals surface area contributed by atoms with Crippen LogP contribution in [0.1, 0.15) is 6.92 Å². The van der Waals surface area contributed by atoms with Crippen LogP contribution in [0.5, 0.6) is 0 Å². The number of ether oxygens (including phenoxy) is 1. The molecule has 1 saturated heterocycles. The molecular formula is C5H10N2O3. The molecule has 58 valence electrons. The minimum atomic E-state index is -1.60. The number of hydrogen-bond donors (Lipinski definition) is 3. The molecule has 0 saturated carbocycles. The SMILES string of the molecule is CC1(O)C(=O)NCOC1N. The number of hydrogen-bond acceptors (Lipinski definition) is 4. The normalized spacial score (nSPS) is 41.1. The Bertz CT molecular complexity index is 157. The van der Waals surface area contributed by atoms with Crippen molar-refractivity contribution in [3.63, 3.8) is 0 Å². The maximum Gasteiger partial charge on any atom is 0.257 e. The molecule has 1 amide bonds. The van der Waals surface area contributed by atoms with Gasteiger partial charge in [0, 0.05) is 0 Å². The molecule has 10 heavy (non-hydrogen) atoms. The fourth-order valence-corrected chi connectivity index (χ4v) is 0.667. The Hall–Kier alpha value is -0.650. The standard InChI is InChI=1S/C5H10N2O3/c1-5(9)3(6)10-2-7-4(5)8/h3,9H,2,6H2,1H3,(H,7,8). The van der Waals surface area contributed by atoms with E-state index in [2.05, 4.69) is 5.32 Å². The summed E-state index contributed by atoms with van der Waals surface area (Å²) in [7, 11) is 0. The van der Waals surface area contributed by atoms with Gasteiger partial charge in [0.05, 0.1) is 0 Å². The predicted octanol–water partition coefficient (Wildman–Crippen LogP) is -1.87. The first-order valence-corrected chi connectivity index (χ1v) is 2.93. The molecule has 0 radical (unpaired) electrons. The summed E-state index contributed by atoms with van der Waals surface area (Å²) in [6.07, 6.45) is -0.929. The van der Waals surface area contributed by atoms with Gasteiger partial charge in [-0.25, -0.2) is 0 Å². The van der Waals surface area contributed by atoms with E-state index in [9.17, 15) is 9.90 Å². The third-order valence-corrected chi connectivity index (χ3v) is 1.51. The van der Waals surface area contributed by atoms with Gasteiger partial charge in [0.25, 0.3) is 5.91 Å². The zero-order valence-electron chi connectivity index (χ0n) is 5.63. The number of carbonyl (C=O) groups excluding carboxylic acids is 1. The Morgan fingerprint density at radius 2 is 2.60 bits per heavy atom. The van der Waals surface area contributed by atoms with Crippen LogP contribution < -0.4 is 11.1 Å². The van der Waals surface area contributed by atoms with Gasteiger partial charge in [-0.3, -0.25) is 4.79 Å². The monoisotopic (exact) mass is 146 g/mol. The molecule has 5 heteroatoms. The summed E-state index contributed by atoms with van der Waals surface area (Å²) < 4.78 is 4.76. The van der Waals surface area contributed by atoms with Crippen molar-refractivity contribution in [2.45, 2.75) is 18.8 Å². The lowest BCUT2D eigenvalue weighted by Gasteiger charge is -2.32. The molecule has 0 aromatic heterocycles. The maximum atomic E-state index is 10.8. The van der Waals surface area contributed by atoms with Crippen molar-refractivity contribution in [3.05, 3.63) is 0 Å². The summed E-state index contributed by atoms with van der Waals surface area (Å²) in [5.41, 5.74) is 3.67. The van der Waals surface area contributed by atoms with Gasteiger partial charge in [-0.15, -0.1) is 0 Å². The number of nitrogens with two attached hydrogens (primary N) is 1. The molecule has 0 spiro atoms. The summed E-state index contributed by atoms with van der Waals surface area (Å²) >= 11 is 0. The van der Waals surface area contributed by atoms with Crippen LogP contribution in [0.3, 0.4) is 0 Å². The highest BCUT2D eigenvalue weighted by molar-refractivity contribution is 5.85. The van der Waals surface area contributed by atoms with Crippen LogP contribution in [0.4, 0.5) is 0 Å². The zero-order valence-corrected chi connectivity index (χ0v) is 5.63. The number of carbonyl (C=O) groups is 1. The molecule has 1 fully saturated rings. The van der Waals surface area contributed by atoms with Gasteiger partial charge in [-0.1, -0.05) is 0 Å². The van der Waals surface area contributed by atoms with Gasteiger partial charge in [0.2, 0.25) is 0 Å². The van der Waals surface area contributed by atoms with Crippen LogP contribution in [-0.2, 0) is 9.53 Å². The minimum Gasteiger partial charge on any atom is -0.377 e. The minimum absolute atomic E-state index is 0.0656. The van der Waals surface area contributed by atoms with Crippen LogP contribution in [0.25, 0.3) is 0 Å². The highest BCUT2D eigenvalue weighted by Gasteiger charge is 2.40. The van der Waals surface area contributed by atoms with E-state index >= 15 is 0 Å². The molecular weight excluding hydrogens is 136 g/mol.